The normalized spacial score (nSPS) is 11.9. The largest absolute Gasteiger partial charge is 0.316 e. The van der Waals surface area contributed by atoms with Crippen LogP contribution in [-0.4, -0.2) is 18.4 Å². The first kappa shape index (κ1) is 12.2. The highest BCUT2D eigenvalue weighted by molar-refractivity contribution is 8.13. The van der Waals surface area contributed by atoms with Crippen LogP contribution in [-0.2, 0) is 9.05 Å². The molecule has 0 fully saturated rings. The molecule has 0 atom stereocenters. The molecule has 2 N–H and O–H groups in total. The molecule has 6 nitrogen and oxygen atoms in total. The summed E-state index contributed by atoms with van der Waals surface area (Å²) in [5.74, 6) is 0. The third-order valence-corrected chi connectivity index (χ3v) is 3.82. The van der Waals surface area contributed by atoms with E-state index < -0.39 is 20.2 Å². The predicted octanol–water partition coefficient (Wildman–Crippen LogP) is 0.797. The Labute approximate surface area is 104 Å². The average molecular weight is 295 g/mol. The molecule has 0 saturated heterocycles. The Hall–Kier alpha value is -1.31. The van der Waals surface area contributed by atoms with Crippen LogP contribution in [0.25, 0.3) is 11.0 Å². The van der Waals surface area contributed by atoms with Gasteiger partial charge in [0.05, 0.1) is 16.1 Å². The highest BCUT2D eigenvalue weighted by Crippen LogP contribution is 2.27. The maximum absolute atomic E-state index is 11.2. The summed E-state index contributed by atoms with van der Waals surface area (Å²) in [7, 11) is 1.14. The van der Waals surface area contributed by atoms with Gasteiger partial charge in [0, 0.05) is 10.7 Å². The minimum absolute atomic E-state index is 0.123. The molecule has 0 amide bonds. The topological polar surface area (TPSA) is 99.9 Å². The van der Waals surface area contributed by atoms with Gasteiger partial charge in [-0.1, -0.05) is 11.6 Å². The Morgan fingerprint density at radius 1 is 1.00 bits per heavy atom. The van der Waals surface area contributed by atoms with Crippen LogP contribution in [0.15, 0.2) is 26.6 Å². The maximum Gasteiger partial charge on any atom is 0.314 e. The molecule has 0 aliphatic heterocycles. The van der Waals surface area contributed by atoms with Gasteiger partial charge in [-0.3, -0.25) is 9.59 Å². The number of benzene rings is 1. The van der Waals surface area contributed by atoms with E-state index in [0.29, 0.717) is 0 Å². The van der Waals surface area contributed by atoms with Crippen molar-refractivity contribution in [1.82, 2.24) is 9.97 Å². The second-order valence-corrected chi connectivity index (χ2v) is 6.12. The summed E-state index contributed by atoms with van der Waals surface area (Å²) in [6, 6.07) is 2.28. The van der Waals surface area contributed by atoms with Gasteiger partial charge in [0.25, 0.3) is 9.05 Å². The molecule has 2 aromatic rings. The fourth-order valence-electron chi connectivity index (χ4n) is 1.31. The van der Waals surface area contributed by atoms with Gasteiger partial charge in [-0.25, -0.2) is 8.42 Å². The van der Waals surface area contributed by atoms with E-state index in [2.05, 4.69) is 9.97 Å². The first-order valence-corrected chi connectivity index (χ1v) is 6.88. The number of aromatic nitrogens is 2. The van der Waals surface area contributed by atoms with E-state index in [1.807, 2.05) is 0 Å². The van der Waals surface area contributed by atoms with Crippen molar-refractivity contribution in [3.63, 3.8) is 0 Å². The number of H-pyrrole nitrogens is 2. The molecule has 0 unspecified atom stereocenters. The van der Waals surface area contributed by atoms with Crippen molar-refractivity contribution in [2.75, 3.05) is 0 Å². The lowest BCUT2D eigenvalue weighted by Gasteiger charge is -2.02. The van der Waals surface area contributed by atoms with E-state index in [1.165, 1.54) is 6.07 Å². The van der Waals surface area contributed by atoms with Gasteiger partial charge in [-0.05, 0) is 12.1 Å². The predicted molar refractivity (Wildman–Crippen MR) is 63.2 cm³/mol. The molecule has 0 saturated carbocycles. The van der Waals surface area contributed by atoms with Crippen molar-refractivity contribution in [2.45, 2.75) is 4.90 Å². The van der Waals surface area contributed by atoms with Crippen molar-refractivity contribution in [3.05, 3.63) is 37.9 Å². The summed E-state index contributed by atoms with van der Waals surface area (Å²) < 4.78 is 22.3. The molecule has 0 bridgehead atoms. The van der Waals surface area contributed by atoms with E-state index in [9.17, 15) is 18.0 Å². The summed E-state index contributed by atoms with van der Waals surface area (Å²) in [5.41, 5.74) is -1.41. The van der Waals surface area contributed by atoms with Gasteiger partial charge in [0.2, 0.25) is 0 Å². The lowest BCUT2D eigenvalue weighted by molar-refractivity contribution is 0.609. The molecule has 1 aromatic carbocycles. The smallest absolute Gasteiger partial charge is 0.314 e. The SMILES string of the molecule is O=c1[nH]c2cc(Cl)c(S(=O)(=O)Cl)cc2[nH]c1=O. The zero-order valence-electron chi connectivity index (χ0n) is 7.95. The highest BCUT2D eigenvalue weighted by Gasteiger charge is 2.16. The number of aromatic amines is 2. The molecule has 9 heteroatoms. The van der Waals surface area contributed by atoms with Crippen molar-refractivity contribution in [2.24, 2.45) is 0 Å². The lowest BCUT2D eigenvalue weighted by Crippen LogP contribution is -2.28. The van der Waals surface area contributed by atoms with Crippen LogP contribution in [0.1, 0.15) is 0 Å². The van der Waals surface area contributed by atoms with Crippen LogP contribution in [0, 0.1) is 0 Å². The Balaban J connectivity index is 2.96. The van der Waals surface area contributed by atoms with Crippen LogP contribution in [0.4, 0.5) is 0 Å². The first-order valence-electron chi connectivity index (χ1n) is 4.19. The summed E-state index contributed by atoms with van der Waals surface area (Å²) in [6.45, 7) is 0. The summed E-state index contributed by atoms with van der Waals surface area (Å²) in [4.78, 5) is 26.2. The van der Waals surface area contributed by atoms with Gasteiger partial charge in [-0.2, -0.15) is 0 Å². The van der Waals surface area contributed by atoms with Gasteiger partial charge in [0.1, 0.15) is 4.90 Å². The standard InChI is InChI=1S/C8H4Cl2N2O4S/c9-3-1-4-5(2-6(3)17(10,15)16)12-8(14)7(13)11-4/h1-2H,(H,11,13)(H,12,14). The molecule has 2 rings (SSSR count). The second kappa shape index (κ2) is 3.86. The van der Waals surface area contributed by atoms with Crippen molar-refractivity contribution in [1.29, 1.82) is 0 Å². The summed E-state index contributed by atoms with van der Waals surface area (Å²) in [5, 5.41) is -0.143. The third kappa shape index (κ3) is 2.21. The van der Waals surface area contributed by atoms with E-state index >= 15 is 0 Å². The molecule has 0 radical (unpaired) electrons. The molecule has 0 aliphatic carbocycles. The Kier molecular flexibility index (Phi) is 2.76. The number of nitrogens with one attached hydrogen (secondary N) is 2. The number of hydrogen-bond acceptors (Lipinski definition) is 4. The van der Waals surface area contributed by atoms with Crippen molar-refractivity contribution in [3.8, 4) is 0 Å². The molecule has 90 valence electrons. The van der Waals surface area contributed by atoms with E-state index in [1.54, 1.807) is 0 Å². The fourth-order valence-corrected chi connectivity index (χ4v) is 2.83. The molecule has 0 spiro atoms. The van der Waals surface area contributed by atoms with Crippen molar-refractivity contribution < 1.29 is 8.42 Å². The zero-order chi connectivity index (χ0) is 12.8. The van der Waals surface area contributed by atoms with Gasteiger partial charge < -0.3 is 9.97 Å². The minimum Gasteiger partial charge on any atom is -0.316 e. The Morgan fingerprint density at radius 2 is 1.47 bits per heavy atom. The Morgan fingerprint density at radius 3 is 1.94 bits per heavy atom. The van der Waals surface area contributed by atoms with Gasteiger partial charge in [-0.15, -0.1) is 0 Å². The number of halogens is 2. The van der Waals surface area contributed by atoms with Crippen LogP contribution >= 0.6 is 22.3 Å². The Bertz CT molecular complexity index is 822. The lowest BCUT2D eigenvalue weighted by atomic mass is 10.3. The first-order chi connectivity index (χ1) is 7.79. The van der Waals surface area contributed by atoms with E-state index in [4.69, 9.17) is 22.3 Å². The maximum atomic E-state index is 11.2. The van der Waals surface area contributed by atoms with Crippen LogP contribution < -0.4 is 11.1 Å². The number of hydrogen-bond donors (Lipinski definition) is 2. The zero-order valence-corrected chi connectivity index (χ0v) is 10.3. The van der Waals surface area contributed by atoms with E-state index in [0.717, 1.165) is 6.07 Å². The minimum atomic E-state index is -4.02. The van der Waals surface area contributed by atoms with Gasteiger partial charge in [0.15, 0.2) is 0 Å². The summed E-state index contributed by atoms with van der Waals surface area (Å²) in [6.07, 6.45) is 0. The molecule has 0 aliphatic rings. The molecule has 1 aromatic heterocycles. The quantitative estimate of drug-likeness (QED) is 0.600. The molecular formula is C8H4Cl2N2O4S. The fraction of sp³-hybridized carbons (Fsp3) is 0. The molecule has 17 heavy (non-hydrogen) atoms. The van der Waals surface area contributed by atoms with Crippen LogP contribution in [0.3, 0.4) is 0 Å². The molecular weight excluding hydrogens is 291 g/mol. The second-order valence-electron chi connectivity index (χ2n) is 3.17. The number of rotatable bonds is 1. The third-order valence-electron chi connectivity index (χ3n) is 2.04. The van der Waals surface area contributed by atoms with Gasteiger partial charge >= 0.3 is 11.1 Å². The molecule has 1 heterocycles. The van der Waals surface area contributed by atoms with Crippen LogP contribution in [0.5, 0.6) is 0 Å². The highest BCUT2D eigenvalue weighted by atomic mass is 35.7. The summed E-state index contributed by atoms with van der Waals surface area (Å²) >= 11 is 5.70. The number of fused-ring (bicyclic) bond motifs is 1. The monoisotopic (exact) mass is 294 g/mol. The van der Waals surface area contributed by atoms with E-state index in [-0.39, 0.29) is 21.0 Å². The van der Waals surface area contributed by atoms with Crippen molar-refractivity contribution >= 4 is 42.4 Å². The van der Waals surface area contributed by atoms with Crippen LogP contribution in [0.2, 0.25) is 5.02 Å². The average Bonchev–Trinajstić information content (AvgIpc) is 2.18.